The van der Waals surface area contributed by atoms with Crippen molar-refractivity contribution in [2.24, 2.45) is 41.2 Å². The van der Waals surface area contributed by atoms with Crippen molar-refractivity contribution in [2.75, 3.05) is 40.8 Å². The number of fused-ring (bicyclic) bond motifs is 3. The number of phenols is 1. The second-order valence-electron chi connectivity index (χ2n) is 30.8. The second-order valence-corrected chi connectivity index (χ2v) is 30.8. The molecule has 101 heavy (non-hydrogen) atoms. The molecule has 0 saturated carbocycles. The van der Waals surface area contributed by atoms with Gasteiger partial charge in [0.1, 0.15) is 51.9 Å². The number of nitrogens with two attached hydrogens (primary N) is 1. The molecule has 7 rings (SSSR count). The number of nitrogens with zero attached hydrogens (tertiary/aromatic N) is 1. The number of benzene rings is 1. The van der Waals surface area contributed by atoms with Crippen LogP contribution in [0.5, 0.6) is 5.75 Å². The lowest BCUT2D eigenvalue weighted by Crippen LogP contribution is -2.65. The number of carbonyl (C=O) groups is 7. The Kier molecular flexibility index (Phi) is 26.1. The first-order valence-electron chi connectivity index (χ1n) is 35.1. The zero-order valence-electron chi connectivity index (χ0n) is 61.4. The summed E-state index contributed by atoms with van der Waals surface area (Å²) < 4.78 is 50.5. The third kappa shape index (κ3) is 17.3. The van der Waals surface area contributed by atoms with Crippen LogP contribution in [0.4, 0.5) is 9.59 Å². The molecule has 0 radical (unpaired) electrons. The van der Waals surface area contributed by atoms with Gasteiger partial charge in [0.2, 0.25) is 11.7 Å². The summed E-state index contributed by atoms with van der Waals surface area (Å²) in [5, 5.41) is 118. The molecule has 0 bridgehead atoms. The molecule has 15 N–H and O–H groups in total. The van der Waals surface area contributed by atoms with E-state index >= 15 is 0 Å². The zero-order chi connectivity index (χ0) is 75.7. The third-order valence-corrected chi connectivity index (χ3v) is 21.6. The van der Waals surface area contributed by atoms with Crippen molar-refractivity contribution < 1.29 is 117 Å². The predicted molar refractivity (Wildman–Crippen MR) is 362 cm³/mol. The molecular formula is C71H112N6O24. The molecular weight excluding hydrogens is 1320 g/mol. The number of nitrogens with one attached hydrogen (secondary N) is 4. The van der Waals surface area contributed by atoms with Gasteiger partial charge in [-0.1, -0.05) is 46.2 Å². The molecule has 30 heteroatoms. The van der Waals surface area contributed by atoms with E-state index in [0.717, 1.165) is 0 Å². The van der Waals surface area contributed by atoms with Gasteiger partial charge in [0.15, 0.2) is 30.1 Å². The summed E-state index contributed by atoms with van der Waals surface area (Å²) in [5.41, 5.74) is -7.56. The molecule has 9 unspecified atom stereocenters. The smallest absolute Gasteiger partial charge is 0.407 e. The molecule has 0 aromatic heterocycles. The first kappa shape index (κ1) is 82.2. The number of primary amides is 1. The van der Waals surface area contributed by atoms with Crippen molar-refractivity contribution in [1.29, 1.82) is 0 Å². The fourth-order valence-corrected chi connectivity index (χ4v) is 16.2. The molecule has 1 aromatic carbocycles. The lowest BCUT2D eigenvalue weighted by Gasteiger charge is -2.52. The monoisotopic (exact) mass is 1430 g/mol. The highest BCUT2D eigenvalue weighted by molar-refractivity contribution is 6.25. The van der Waals surface area contributed by atoms with Crippen molar-refractivity contribution in [1.82, 2.24) is 26.2 Å². The maximum atomic E-state index is 14.8. The van der Waals surface area contributed by atoms with Gasteiger partial charge >= 0.3 is 18.2 Å². The summed E-state index contributed by atoms with van der Waals surface area (Å²) in [7, 11) is 5.06. The number of likely N-dealkylation sites (N-methyl/N-ethyl adjacent to an activating group) is 1. The highest BCUT2D eigenvalue weighted by atomic mass is 16.7. The van der Waals surface area contributed by atoms with E-state index in [1.807, 2.05) is 25.9 Å². The molecule has 6 aliphatic rings. The van der Waals surface area contributed by atoms with Gasteiger partial charge in [-0.3, -0.25) is 24.0 Å². The standard InChI is InChI=1S/C71H112N6O24/c1-18-44-70(14,92)56(83)35(4)50(76-65(89)101-66(8,9)10)33(2)31-67(11,90)59(99-63-52(80)42(77(15)16)29-34(3)95-63)36(5)55(37(6)62(87)97-44)98-46-32-68(12,94-17)60(38(7)96-46)100-64(88)75-26-21-19-20-25-45(79)73-27-28-74-51-41-30-40-48(53(81)47-39(69(40,13)91)23-22-24-43(47)78)57(84)71(41,93)58(85)49(54(51)82)61(72)86/h22-24,33-38,40-42,44,46,50-52,55-56,59-60,63,74,78,80,82-84,90-93H,18-21,25-32H2,1-17H3,(H2,72,86)(H,73,79)(H,75,88)(H,76,89)/t33-,34?,35+,36+,37-,38?,40+,41+,42?,44-,46?,50+,51?,52?,55+,56-,59-,60?,63?,67-,68?,69-,70-,71+/m1/s1. The van der Waals surface area contributed by atoms with Crippen LogP contribution in [-0.2, 0) is 62.7 Å². The predicted octanol–water partition coefficient (Wildman–Crippen LogP) is 3.35. The molecule has 3 saturated heterocycles. The Balaban J connectivity index is 0.990. The Bertz CT molecular complexity index is 3240. The van der Waals surface area contributed by atoms with E-state index in [-0.39, 0.29) is 68.8 Å². The van der Waals surface area contributed by atoms with E-state index in [0.29, 0.717) is 25.7 Å². The van der Waals surface area contributed by atoms with E-state index in [9.17, 15) is 79.5 Å². The first-order valence-corrected chi connectivity index (χ1v) is 35.1. The van der Waals surface area contributed by atoms with Gasteiger partial charge in [0, 0.05) is 80.9 Å². The van der Waals surface area contributed by atoms with Crippen LogP contribution in [0.1, 0.15) is 171 Å². The summed E-state index contributed by atoms with van der Waals surface area (Å²) >= 11 is 0. The van der Waals surface area contributed by atoms with Crippen molar-refractivity contribution in [3.8, 4) is 5.75 Å². The third-order valence-electron chi connectivity index (χ3n) is 21.6. The number of amides is 4. The number of ketones is 2. The number of ether oxygens (including phenoxy) is 8. The van der Waals surface area contributed by atoms with Crippen molar-refractivity contribution in [2.45, 2.75) is 268 Å². The van der Waals surface area contributed by atoms with Crippen LogP contribution in [0.25, 0.3) is 0 Å². The number of phenolic OH excluding ortho intramolecular Hbond substituents is 1. The molecule has 3 aliphatic heterocycles. The Labute approximate surface area is 590 Å². The fraction of sp³-hybridized carbons (Fsp3) is 0.761. The second kappa shape index (κ2) is 32.1. The molecule has 4 amide bonds. The van der Waals surface area contributed by atoms with Gasteiger partial charge in [-0.25, -0.2) is 9.59 Å². The van der Waals surface area contributed by atoms with Gasteiger partial charge < -0.3 is 116 Å². The topological polar surface area (TPSA) is 453 Å². The van der Waals surface area contributed by atoms with Crippen LogP contribution in [0, 0.1) is 35.5 Å². The van der Waals surface area contributed by atoms with Gasteiger partial charge in [-0.05, 0) is 139 Å². The highest BCUT2D eigenvalue weighted by Crippen LogP contribution is 2.56. The largest absolute Gasteiger partial charge is 0.510 e. The summed E-state index contributed by atoms with van der Waals surface area (Å²) in [5.74, 6) is -14.2. The number of rotatable bonds is 20. The minimum Gasteiger partial charge on any atom is -0.510 e. The van der Waals surface area contributed by atoms with Crippen LogP contribution in [-0.4, -0.2) is 241 Å². The number of cyclic esters (lactones) is 1. The number of methoxy groups -OCH3 is 1. The number of carbonyl (C=O) groups excluding carboxylic acids is 7. The number of hydrogen-bond donors (Lipinski definition) is 14. The number of Topliss-reactive ketones (excluding diaryl/α,β-unsaturated/α-hetero) is 2. The first-order chi connectivity index (χ1) is 46.8. The lowest BCUT2D eigenvalue weighted by molar-refractivity contribution is -0.318. The Morgan fingerprint density at radius 2 is 1.48 bits per heavy atom. The number of hydrogen-bond acceptors (Lipinski definition) is 26. The number of unbranched alkanes of at least 4 members (excludes halogenated alkanes) is 2. The van der Waals surface area contributed by atoms with Gasteiger partial charge in [0.05, 0.1) is 59.2 Å². The maximum absolute atomic E-state index is 14.8. The Hall–Kier alpha value is -6.13. The lowest BCUT2D eigenvalue weighted by atomic mass is 9.55. The van der Waals surface area contributed by atoms with Gasteiger partial charge in [-0.15, -0.1) is 0 Å². The van der Waals surface area contributed by atoms with Gasteiger partial charge in [0.25, 0.3) is 5.91 Å². The minimum absolute atomic E-state index is 0.0302. The van der Waals surface area contributed by atoms with Crippen LogP contribution in [0.15, 0.2) is 40.9 Å². The van der Waals surface area contributed by atoms with E-state index < -0.39 is 213 Å². The SMILES string of the molecule is CC[C@H]1OC(=O)[C@H](C)[C@@H](OC2CC(C)(OC)C(OC(=O)NCCCCCC(=O)NCCNC3C(O)=C(C(N)=O)C(=O)[C@@]4(O)C(O)=C5C(=O)c6c(O)cccc6[C@@](C)(O)[C@H]5C[C@@H]34)C(C)O2)[C@H](C)[C@@H](OC2OC(C)CC(N(C)C)C2O)[C@](C)(O)C[C@@H](C)[C@H](NC(=O)OC(C)(C)C)[C@H](C)[C@@H](O)[C@]1(C)O. The molecule has 24 atom stereocenters. The molecule has 3 aliphatic carbocycles. The van der Waals surface area contributed by atoms with Crippen molar-refractivity contribution in [3.63, 3.8) is 0 Å². The maximum Gasteiger partial charge on any atom is 0.407 e. The highest BCUT2D eigenvalue weighted by Gasteiger charge is 2.66. The van der Waals surface area contributed by atoms with Crippen molar-refractivity contribution in [3.05, 3.63) is 52.0 Å². The molecule has 0 spiro atoms. The average Bonchev–Trinajstić information content (AvgIpc) is 0.690. The summed E-state index contributed by atoms with van der Waals surface area (Å²) in [6, 6.07) is 1.14. The van der Waals surface area contributed by atoms with E-state index in [1.165, 1.54) is 46.1 Å². The van der Waals surface area contributed by atoms with E-state index in [4.69, 9.17) is 43.6 Å². The summed E-state index contributed by atoms with van der Waals surface area (Å²) in [6.45, 7) is 22.8. The molecule has 1 aromatic rings. The molecule has 570 valence electrons. The number of aliphatic hydroxyl groups excluding tert-OH is 4. The minimum atomic E-state index is -2.98. The number of aromatic hydroxyl groups is 1. The molecule has 3 heterocycles. The van der Waals surface area contributed by atoms with Crippen LogP contribution in [0.3, 0.4) is 0 Å². The van der Waals surface area contributed by atoms with Crippen LogP contribution < -0.4 is 27.0 Å². The van der Waals surface area contributed by atoms with Crippen LogP contribution in [0.2, 0.25) is 0 Å². The van der Waals surface area contributed by atoms with Crippen molar-refractivity contribution >= 4 is 41.5 Å². The summed E-state index contributed by atoms with van der Waals surface area (Å²) in [4.78, 5) is 97.2. The Morgan fingerprint density at radius 3 is 2.09 bits per heavy atom. The molecule has 30 nitrogen and oxygen atoms in total. The fourth-order valence-electron chi connectivity index (χ4n) is 16.2. The quantitative estimate of drug-likeness (QED) is 0.0385. The normalized spacial score (nSPS) is 38.9. The summed E-state index contributed by atoms with van der Waals surface area (Å²) in [6.07, 6.45) is -12.1. The average molecular weight is 1430 g/mol. The number of aliphatic hydroxyl groups is 8. The zero-order valence-corrected chi connectivity index (χ0v) is 61.4. The van der Waals surface area contributed by atoms with Gasteiger partial charge in [-0.2, -0.15) is 0 Å². The Morgan fingerprint density at radius 1 is 0.812 bits per heavy atom. The number of alkyl carbamates (subject to hydrolysis) is 2. The number of esters is 1. The van der Waals surface area contributed by atoms with E-state index in [1.54, 1.807) is 69.2 Å². The van der Waals surface area contributed by atoms with Crippen LogP contribution >= 0.6 is 0 Å². The molecule has 3 fully saturated rings. The van der Waals surface area contributed by atoms with E-state index in [2.05, 4.69) is 21.3 Å².